The Morgan fingerprint density at radius 2 is 2.15 bits per heavy atom. The molecule has 2 heterocycles. The lowest BCUT2D eigenvalue weighted by Gasteiger charge is -2.19. The van der Waals surface area contributed by atoms with E-state index in [1.807, 2.05) is 29.3 Å². The predicted octanol–water partition coefficient (Wildman–Crippen LogP) is 3.64. The van der Waals surface area contributed by atoms with Crippen LogP contribution in [-0.2, 0) is 7.05 Å². The lowest BCUT2D eigenvalue weighted by atomic mass is 9.98. The second-order valence-corrected chi connectivity index (χ2v) is 5.90. The molecule has 3 aromatic rings. The van der Waals surface area contributed by atoms with Crippen molar-refractivity contribution in [3.8, 4) is 0 Å². The molecular formula is C16H19N3S. The van der Waals surface area contributed by atoms with Crippen molar-refractivity contribution in [3.05, 3.63) is 52.7 Å². The summed E-state index contributed by atoms with van der Waals surface area (Å²) < 4.78 is 3.30. The highest BCUT2D eigenvalue weighted by atomic mass is 32.1. The molecule has 0 saturated carbocycles. The molecule has 3 rings (SSSR count). The molecule has 0 spiro atoms. The molecule has 0 bridgehead atoms. The minimum atomic E-state index is 0.205. The van der Waals surface area contributed by atoms with Crippen LogP contribution in [0.25, 0.3) is 10.1 Å². The van der Waals surface area contributed by atoms with Crippen molar-refractivity contribution in [2.75, 3.05) is 6.54 Å². The average molecular weight is 285 g/mol. The van der Waals surface area contributed by atoms with Crippen LogP contribution in [0.5, 0.6) is 0 Å². The van der Waals surface area contributed by atoms with Gasteiger partial charge in [0.25, 0.3) is 0 Å². The fourth-order valence-electron chi connectivity index (χ4n) is 2.63. The molecule has 0 amide bonds. The molecule has 1 unspecified atom stereocenters. The van der Waals surface area contributed by atoms with E-state index in [4.69, 9.17) is 0 Å². The van der Waals surface area contributed by atoms with Gasteiger partial charge in [0, 0.05) is 23.0 Å². The number of aryl methyl sites for hydroxylation is 1. The molecule has 1 N–H and O–H groups in total. The van der Waals surface area contributed by atoms with Gasteiger partial charge in [0.15, 0.2) is 0 Å². The van der Waals surface area contributed by atoms with Crippen LogP contribution in [0.15, 0.2) is 35.8 Å². The Bertz CT molecular complexity index is 726. The van der Waals surface area contributed by atoms with Crippen molar-refractivity contribution in [1.29, 1.82) is 0 Å². The summed E-state index contributed by atoms with van der Waals surface area (Å²) in [5.74, 6) is 0. The molecule has 0 aliphatic heterocycles. The summed E-state index contributed by atoms with van der Waals surface area (Å²) >= 11 is 1.81. The first-order valence-corrected chi connectivity index (χ1v) is 7.78. The van der Waals surface area contributed by atoms with Gasteiger partial charge >= 0.3 is 0 Å². The molecule has 0 saturated heterocycles. The number of nitrogens with zero attached hydrogens (tertiary/aromatic N) is 2. The third-order valence-electron chi connectivity index (χ3n) is 3.81. The minimum Gasteiger partial charge on any atom is -0.306 e. The molecule has 1 aromatic carbocycles. The lowest BCUT2D eigenvalue weighted by Crippen LogP contribution is -2.22. The van der Waals surface area contributed by atoms with Crippen LogP contribution in [0, 0.1) is 6.92 Å². The Labute approximate surface area is 123 Å². The van der Waals surface area contributed by atoms with E-state index in [9.17, 15) is 0 Å². The fraction of sp³-hybridized carbons (Fsp3) is 0.312. The highest BCUT2D eigenvalue weighted by Crippen LogP contribution is 2.33. The summed E-state index contributed by atoms with van der Waals surface area (Å²) in [6.07, 6.45) is 1.98. The third kappa shape index (κ3) is 2.15. The van der Waals surface area contributed by atoms with Crippen LogP contribution in [0.2, 0.25) is 0 Å². The number of thiophene rings is 1. The van der Waals surface area contributed by atoms with Crippen LogP contribution < -0.4 is 5.32 Å². The van der Waals surface area contributed by atoms with E-state index in [1.165, 1.54) is 26.9 Å². The van der Waals surface area contributed by atoms with Crippen molar-refractivity contribution in [2.24, 2.45) is 7.05 Å². The molecular weight excluding hydrogens is 266 g/mol. The van der Waals surface area contributed by atoms with Crippen LogP contribution in [0.4, 0.5) is 0 Å². The van der Waals surface area contributed by atoms with Gasteiger partial charge in [-0.3, -0.25) is 4.68 Å². The molecule has 0 aliphatic rings. The topological polar surface area (TPSA) is 29.9 Å². The average Bonchev–Trinajstić information content (AvgIpc) is 3.05. The fourth-order valence-corrected chi connectivity index (χ4v) is 3.58. The van der Waals surface area contributed by atoms with Crippen molar-refractivity contribution < 1.29 is 0 Å². The highest BCUT2D eigenvalue weighted by Gasteiger charge is 2.20. The second-order valence-electron chi connectivity index (χ2n) is 4.99. The van der Waals surface area contributed by atoms with Gasteiger partial charge in [0.05, 0.1) is 12.2 Å². The Balaban J connectivity index is 2.15. The number of hydrogen-bond acceptors (Lipinski definition) is 3. The quantitative estimate of drug-likeness (QED) is 0.793. The maximum atomic E-state index is 4.39. The van der Waals surface area contributed by atoms with Crippen molar-refractivity contribution in [2.45, 2.75) is 19.9 Å². The Kier molecular flexibility index (Phi) is 3.59. The van der Waals surface area contributed by atoms with Crippen molar-refractivity contribution in [3.63, 3.8) is 0 Å². The van der Waals surface area contributed by atoms with Gasteiger partial charge in [0.2, 0.25) is 0 Å². The Hall–Kier alpha value is -1.65. The monoisotopic (exact) mass is 285 g/mol. The highest BCUT2D eigenvalue weighted by molar-refractivity contribution is 7.17. The zero-order valence-electron chi connectivity index (χ0n) is 12.1. The number of aromatic nitrogens is 2. The van der Waals surface area contributed by atoms with Crippen LogP contribution in [-0.4, -0.2) is 16.3 Å². The Morgan fingerprint density at radius 1 is 1.30 bits per heavy atom. The molecule has 1 atom stereocenters. The van der Waals surface area contributed by atoms with Crippen molar-refractivity contribution in [1.82, 2.24) is 15.1 Å². The van der Waals surface area contributed by atoms with Gasteiger partial charge in [-0.1, -0.05) is 25.1 Å². The van der Waals surface area contributed by atoms with Crippen LogP contribution >= 0.6 is 11.3 Å². The number of benzene rings is 1. The zero-order valence-corrected chi connectivity index (χ0v) is 12.9. The normalized spacial score (nSPS) is 12.9. The molecule has 4 heteroatoms. The third-order valence-corrected chi connectivity index (χ3v) is 4.79. The first-order chi connectivity index (χ1) is 9.72. The van der Waals surface area contributed by atoms with E-state index >= 15 is 0 Å². The Morgan fingerprint density at radius 3 is 2.85 bits per heavy atom. The maximum absolute atomic E-state index is 4.39. The van der Waals surface area contributed by atoms with E-state index in [0.717, 1.165) is 6.54 Å². The van der Waals surface area contributed by atoms with Gasteiger partial charge in [0.1, 0.15) is 0 Å². The summed E-state index contributed by atoms with van der Waals surface area (Å²) in [5.41, 5.74) is 3.82. The molecule has 20 heavy (non-hydrogen) atoms. The van der Waals surface area contributed by atoms with Crippen molar-refractivity contribution >= 4 is 21.4 Å². The maximum Gasteiger partial charge on any atom is 0.0624 e. The molecule has 2 aromatic heterocycles. The van der Waals surface area contributed by atoms with Gasteiger partial charge in [-0.2, -0.15) is 5.10 Å². The summed E-state index contributed by atoms with van der Waals surface area (Å²) in [5, 5.41) is 11.5. The van der Waals surface area contributed by atoms with Gasteiger partial charge < -0.3 is 5.32 Å². The van der Waals surface area contributed by atoms with Crippen LogP contribution in [0.1, 0.15) is 29.8 Å². The predicted molar refractivity (Wildman–Crippen MR) is 85.3 cm³/mol. The number of rotatable bonds is 4. The summed E-state index contributed by atoms with van der Waals surface area (Å²) in [6.45, 7) is 5.20. The van der Waals surface area contributed by atoms with Crippen LogP contribution in [0.3, 0.4) is 0 Å². The van der Waals surface area contributed by atoms with Gasteiger partial charge in [-0.15, -0.1) is 11.3 Å². The zero-order chi connectivity index (χ0) is 14.1. The van der Waals surface area contributed by atoms with E-state index in [1.54, 1.807) is 0 Å². The van der Waals surface area contributed by atoms with E-state index in [0.29, 0.717) is 0 Å². The summed E-state index contributed by atoms with van der Waals surface area (Å²) in [6, 6.07) is 8.92. The number of nitrogens with one attached hydrogen (secondary N) is 1. The molecule has 3 nitrogen and oxygen atoms in total. The first kappa shape index (κ1) is 13.3. The standard InChI is InChI=1S/C16H19N3S/c1-4-17-15(14-10-18-19(3)11(14)2)13-7-5-6-12-8-9-20-16(12)13/h5-10,15,17H,4H2,1-3H3. The first-order valence-electron chi connectivity index (χ1n) is 6.90. The summed E-state index contributed by atoms with van der Waals surface area (Å²) in [4.78, 5) is 0. The largest absolute Gasteiger partial charge is 0.306 e. The van der Waals surface area contributed by atoms with Gasteiger partial charge in [-0.25, -0.2) is 0 Å². The minimum absolute atomic E-state index is 0.205. The molecule has 0 fully saturated rings. The van der Waals surface area contributed by atoms with Gasteiger partial charge in [-0.05, 0) is 35.9 Å². The SMILES string of the molecule is CCNC(c1cnn(C)c1C)c1cccc2ccsc12. The number of fused-ring (bicyclic) bond motifs is 1. The number of hydrogen-bond donors (Lipinski definition) is 1. The van der Waals surface area contributed by atoms with E-state index < -0.39 is 0 Å². The smallest absolute Gasteiger partial charge is 0.0624 e. The molecule has 0 radical (unpaired) electrons. The van der Waals surface area contributed by atoms with E-state index in [2.05, 4.69) is 53.9 Å². The second kappa shape index (κ2) is 5.38. The lowest BCUT2D eigenvalue weighted by molar-refractivity contribution is 0.629. The van der Waals surface area contributed by atoms with E-state index in [-0.39, 0.29) is 6.04 Å². The summed E-state index contributed by atoms with van der Waals surface area (Å²) in [7, 11) is 1.99. The molecule has 104 valence electrons. The molecule has 0 aliphatic carbocycles.